The smallest absolute Gasteiger partial charge is 0.272 e. The molecule has 2 heterocycles. The largest absolute Gasteiger partial charge is 0.372 e. The summed E-state index contributed by atoms with van der Waals surface area (Å²) in [7, 11) is 2.07. The maximum absolute atomic E-state index is 12.6. The van der Waals surface area contributed by atoms with E-state index in [1.165, 1.54) is 11.3 Å². The lowest BCUT2D eigenvalue weighted by Gasteiger charge is -2.28. The van der Waals surface area contributed by atoms with Crippen LogP contribution in [0.3, 0.4) is 0 Å². The van der Waals surface area contributed by atoms with E-state index in [4.69, 9.17) is 0 Å². The van der Waals surface area contributed by atoms with Crippen molar-refractivity contribution in [2.24, 2.45) is 0 Å². The average molecular weight is 270 g/mol. The van der Waals surface area contributed by atoms with Crippen molar-refractivity contribution in [3.05, 3.63) is 47.8 Å². The third kappa shape index (κ3) is 2.15. The molecule has 0 aliphatic carbocycles. The number of aromatic amines is 1. The minimum Gasteiger partial charge on any atom is -0.372 e. The SMILES string of the molecule is CC1CN(C)c2ccccc2CN1C(=O)c1ccn[nH]1. The molecule has 1 unspecified atom stereocenters. The number of hydrogen-bond donors (Lipinski definition) is 1. The Morgan fingerprint density at radius 1 is 1.35 bits per heavy atom. The third-order valence-electron chi connectivity index (χ3n) is 3.81. The number of aromatic nitrogens is 2. The summed E-state index contributed by atoms with van der Waals surface area (Å²) in [6.07, 6.45) is 1.61. The first-order valence-corrected chi connectivity index (χ1v) is 6.76. The summed E-state index contributed by atoms with van der Waals surface area (Å²) in [5, 5.41) is 6.62. The van der Waals surface area contributed by atoms with Crippen molar-refractivity contribution in [1.82, 2.24) is 15.1 Å². The molecule has 0 radical (unpaired) electrons. The molecule has 0 spiro atoms. The Kier molecular flexibility index (Phi) is 3.18. The van der Waals surface area contributed by atoms with Crippen LogP contribution in [0.1, 0.15) is 23.0 Å². The zero-order valence-electron chi connectivity index (χ0n) is 11.7. The van der Waals surface area contributed by atoms with Crippen LogP contribution in [0.25, 0.3) is 0 Å². The Hall–Kier alpha value is -2.30. The molecule has 1 N–H and O–H groups in total. The summed E-state index contributed by atoms with van der Waals surface area (Å²) < 4.78 is 0. The van der Waals surface area contributed by atoms with Crippen LogP contribution in [0, 0.1) is 0 Å². The number of carbonyl (C=O) groups excluding carboxylic acids is 1. The lowest BCUT2D eigenvalue weighted by molar-refractivity contribution is 0.0681. The summed E-state index contributed by atoms with van der Waals surface area (Å²) in [6, 6.07) is 10.1. The zero-order valence-corrected chi connectivity index (χ0v) is 11.7. The van der Waals surface area contributed by atoms with E-state index in [0.717, 1.165) is 6.54 Å². The molecule has 20 heavy (non-hydrogen) atoms. The van der Waals surface area contributed by atoms with E-state index in [1.807, 2.05) is 17.0 Å². The number of nitrogens with one attached hydrogen (secondary N) is 1. The topological polar surface area (TPSA) is 52.2 Å². The van der Waals surface area contributed by atoms with Gasteiger partial charge in [0, 0.05) is 38.1 Å². The zero-order chi connectivity index (χ0) is 14.1. The summed E-state index contributed by atoms with van der Waals surface area (Å²) in [6.45, 7) is 3.52. The molecular weight excluding hydrogens is 252 g/mol. The molecule has 5 heteroatoms. The predicted octanol–water partition coefficient (Wildman–Crippen LogP) is 1.89. The van der Waals surface area contributed by atoms with Crippen molar-refractivity contribution < 1.29 is 4.79 Å². The van der Waals surface area contributed by atoms with Gasteiger partial charge >= 0.3 is 0 Å². The first kappa shape index (κ1) is 12.7. The van der Waals surface area contributed by atoms with E-state index in [1.54, 1.807) is 12.3 Å². The summed E-state index contributed by atoms with van der Waals surface area (Å²) >= 11 is 0. The molecule has 1 aliphatic heterocycles. The number of hydrogen-bond acceptors (Lipinski definition) is 3. The molecular formula is C15H18N4O. The molecule has 0 saturated heterocycles. The highest BCUT2D eigenvalue weighted by Gasteiger charge is 2.27. The van der Waals surface area contributed by atoms with Crippen molar-refractivity contribution in [2.45, 2.75) is 19.5 Å². The molecule has 0 bridgehead atoms. The molecule has 1 amide bonds. The molecule has 1 atom stereocenters. The van der Waals surface area contributed by atoms with Crippen molar-refractivity contribution in [1.29, 1.82) is 0 Å². The van der Waals surface area contributed by atoms with Crippen LogP contribution >= 0.6 is 0 Å². The lowest BCUT2D eigenvalue weighted by atomic mass is 10.1. The highest BCUT2D eigenvalue weighted by Crippen LogP contribution is 2.26. The Morgan fingerprint density at radius 2 is 2.15 bits per heavy atom. The monoisotopic (exact) mass is 270 g/mol. The summed E-state index contributed by atoms with van der Waals surface area (Å²) in [5.41, 5.74) is 2.91. The van der Waals surface area contributed by atoms with E-state index in [9.17, 15) is 4.79 Å². The van der Waals surface area contributed by atoms with Gasteiger partial charge in [0.25, 0.3) is 5.91 Å². The molecule has 1 aromatic carbocycles. The van der Waals surface area contributed by atoms with Gasteiger partial charge in [0.1, 0.15) is 5.69 Å². The second-order valence-corrected chi connectivity index (χ2v) is 5.26. The lowest BCUT2D eigenvalue weighted by Crippen LogP contribution is -2.42. The van der Waals surface area contributed by atoms with Gasteiger partial charge in [-0.2, -0.15) is 5.10 Å². The summed E-state index contributed by atoms with van der Waals surface area (Å²) in [5.74, 6) is 0.0000954. The second-order valence-electron chi connectivity index (χ2n) is 5.26. The van der Waals surface area contributed by atoms with Crippen LogP contribution in [-0.4, -0.2) is 40.6 Å². The summed E-state index contributed by atoms with van der Waals surface area (Å²) in [4.78, 5) is 16.7. The fraction of sp³-hybridized carbons (Fsp3) is 0.333. The molecule has 104 valence electrons. The van der Waals surface area contributed by atoms with Crippen molar-refractivity contribution in [3.8, 4) is 0 Å². The van der Waals surface area contributed by atoms with Gasteiger partial charge in [-0.25, -0.2) is 0 Å². The van der Waals surface area contributed by atoms with Gasteiger partial charge in [0.2, 0.25) is 0 Å². The first-order chi connectivity index (χ1) is 9.66. The number of H-pyrrole nitrogens is 1. The normalized spacial score (nSPS) is 18.6. The maximum Gasteiger partial charge on any atom is 0.272 e. The highest BCUT2D eigenvalue weighted by atomic mass is 16.2. The third-order valence-corrected chi connectivity index (χ3v) is 3.81. The Bertz CT molecular complexity index is 608. The number of anilines is 1. The van der Waals surface area contributed by atoms with Crippen molar-refractivity contribution in [3.63, 3.8) is 0 Å². The van der Waals surface area contributed by atoms with Crippen LogP contribution in [0.2, 0.25) is 0 Å². The van der Waals surface area contributed by atoms with E-state index in [2.05, 4.69) is 41.2 Å². The van der Waals surface area contributed by atoms with Gasteiger partial charge in [-0.3, -0.25) is 9.89 Å². The predicted molar refractivity (Wildman–Crippen MR) is 77.6 cm³/mol. The van der Waals surface area contributed by atoms with Gasteiger partial charge in [0.15, 0.2) is 0 Å². The Labute approximate surface area is 118 Å². The molecule has 0 saturated carbocycles. The van der Waals surface area contributed by atoms with E-state index >= 15 is 0 Å². The minimum absolute atomic E-state index is 0.0000954. The van der Waals surface area contributed by atoms with Crippen molar-refractivity contribution >= 4 is 11.6 Å². The van der Waals surface area contributed by atoms with Gasteiger partial charge in [-0.05, 0) is 24.6 Å². The number of fused-ring (bicyclic) bond motifs is 1. The maximum atomic E-state index is 12.6. The molecule has 2 aromatic rings. The molecule has 3 rings (SSSR count). The standard InChI is InChI=1S/C15H18N4O/c1-11-9-18(2)14-6-4-3-5-12(14)10-19(11)15(20)13-7-8-16-17-13/h3-8,11H,9-10H2,1-2H3,(H,16,17). The molecule has 1 aliphatic rings. The fourth-order valence-corrected chi connectivity index (χ4v) is 2.75. The second kappa shape index (κ2) is 5.00. The number of nitrogens with zero attached hydrogens (tertiary/aromatic N) is 3. The van der Waals surface area contributed by atoms with Crippen LogP contribution in [0.5, 0.6) is 0 Å². The van der Waals surface area contributed by atoms with E-state index < -0.39 is 0 Å². The van der Waals surface area contributed by atoms with Gasteiger partial charge in [0.05, 0.1) is 0 Å². The van der Waals surface area contributed by atoms with Gasteiger partial charge in [-0.15, -0.1) is 0 Å². The minimum atomic E-state index is 0.0000954. The van der Waals surface area contributed by atoms with E-state index in [-0.39, 0.29) is 11.9 Å². The van der Waals surface area contributed by atoms with Crippen molar-refractivity contribution in [2.75, 3.05) is 18.5 Å². The quantitative estimate of drug-likeness (QED) is 0.861. The highest BCUT2D eigenvalue weighted by molar-refractivity contribution is 5.92. The molecule has 5 nitrogen and oxygen atoms in total. The molecule has 1 aromatic heterocycles. The van der Waals surface area contributed by atoms with Gasteiger partial charge < -0.3 is 9.80 Å². The Balaban J connectivity index is 1.95. The van der Waals surface area contributed by atoms with Crippen LogP contribution < -0.4 is 4.90 Å². The number of benzene rings is 1. The number of amides is 1. The number of rotatable bonds is 1. The van der Waals surface area contributed by atoms with E-state index in [0.29, 0.717) is 12.2 Å². The number of carbonyl (C=O) groups is 1. The fourth-order valence-electron chi connectivity index (χ4n) is 2.75. The average Bonchev–Trinajstić information content (AvgIpc) is 2.94. The van der Waals surface area contributed by atoms with Crippen LogP contribution in [0.4, 0.5) is 5.69 Å². The Morgan fingerprint density at radius 3 is 2.90 bits per heavy atom. The van der Waals surface area contributed by atoms with Crippen LogP contribution in [0.15, 0.2) is 36.5 Å². The van der Waals surface area contributed by atoms with Gasteiger partial charge in [-0.1, -0.05) is 18.2 Å². The van der Waals surface area contributed by atoms with Crippen LogP contribution in [-0.2, 0) is 6.54 Å². The first-order valence-electron chi connectivity index (χ1n) is 6.76. The number of likely N-dealkylation sites (N-methyl/N-ethyl adjacent to an activating group) is 1. The molecule has 0 fully saturated rings. The number of para-hydroxylation sites is 1.